The predicted octanol–water partition coefficient (Wildman–Crippen LogP) is 1.01. The van der Waals surface area contributed by atoms with Crippen LogP contribution in [0.1, 0.15) is 24.5 Å². The van der Waals surface area contributed by atoms with Gasteiger partial charge in [-0.15, -0.1) is 0 Å². The Balaban J connectivity index is 3.12. The Labute approximate surface area is 126 Å². The molecule has 0 amide bonds. The molecule has 0 fully saturated rings. The molecule has 0 saturated carbocycles. The van der Waals surface area contributed by atoms with Crippen LogP contribution in [-0.4, -0.2) is 34.7 Å². The molecule has 6 heteroatoms. The Morgan fingerprint density at radius 3 is 2.71 bits per heavy atom. The van der Waals surface area contributed by atoms with Crippen molar-refractivity contribution in [2.24, 2.45) is 5.73 Å². The molecule has 3 N–H and O–H groups in total. The molecule has 1 unspecified atom stereocenters. The van der Waals surface area contributed by atoms with Crippen molar-refractivity contribution in [1.29, 1.82) is 0 Å². The van der Waals surface area contributed by atoms with E-state index in [4.69, 9.17) is 10.5 Å². The fourth-order valence-corrected chi connectivity index (χ4v) is 3.41. The first-order chi connectivity index (χ1) is 9.94. The SMILES string of the molecule is CCC(COC)NS(=O)(=O)c1cc(C#CCN)ccc1C. The number of benzene rings is 1. The third-order valence-corrected chi connectivity index (χ3v) is 4.66. The van der Waals surface area contributed by atoms with Gasteiger partial charge in [-0.2, -0.15) is 0 Å². The summed E-state index contributed by atoms with van der Waals surface area (Å²) in [4.78, 5) is 0.237. The van der Waals surface area contributed by atoms with Gasteiger partial charge in [0.1, 0.15) is 0 Å². The minimum Gasteiger partial charge on any atom is -0.383 e. The number of rotatable bonds is 6. The summed E-state index contributed by atoms with van der Waals surface area (Å²) in [6, 6.07) is 4.84. The Morgan fingerprint density at radius 1 is 1.43 bits per heavy atom. The van der Waals surface area contributed by atoms with E-state index >= 15 is 0 Å². The maximum Gasteiger partial charge on any atom is 0.241 e. The van der Waals surface area contributed by atoms with Gasteiger partial charge in [0.15, 0.2) is 0 Å². The molecule has 0 aliphatic heterocycles. The molecule has 1 aromatic rings. The lowest BCUT2D eigenvalue weighted by atomic mass is 10.1. The number of sulfonamides is 1. The topological polar surface area (TPSA) is 81.4 Å². The first-order valence-corrected chi connectivity index (χ1v) is 8.23. The van der Waals surface area contributed by atoms with Crippen molar-refractivity contribution < 1.29 is 13.2 Å². The van der Waals surface area contributed by atoms with Gasteiger partial charge >= 0.3 is 0 Å². The summed E-state index contributed by atoms with van der Waals surface area (Å²) >= 11 is 0. The molecule has 0 saturated heterocycles. The van der Waals surface area contributed by atoms with Crippen LogP contribution in [0.25, 0.3) is 0 Å². The van der Waals surface area contributed by atoms with Gasteiger partial charge in [-0.25, -0.2) is 13.1 Å². The molecular formula is C15H22N2O3S. The van der Waals surface area contributed by atoms with Gasteiger partial charge in [0, 0.05) is 18.7 Å². The monoisotopic (exact) mass is 310 g/mol. The second-order valence-corrected chi connectivity index (χ2v) is 6.35. The van der Waals surface area contributed by atoms with E-state index in [0.29, 0.717) is 24.2 Å². The Kier molecular flexibility index (Phi) is 6.85. The number of hydrogen-bond donors (Lipinski definition) is 2. The molecule has 0 aliphatic rings. The standard InChI is InChI=1S/C15H22N2O3S/c1-4-14(11-20-3)17-21(18,19)15-10-13(6-5-9-16)8-7-12(15)2/h7-8,10,14,17H,4,9,11,16H2,1-3H3. The second-order valence-electron chi connectivity index (χ2n) is 4.67. The van der Waals surface area contributed by atoms with Crippen LogP contribution in [0.5, 0.6) is 0 Å². The van der Waals surface area contributed by atoms with E-state index in [0.717, 1.165) is 0 Å². The van der Waals surface area contributed by atoms with Crippen LogP contribution in [0.2, 0.25) is 0 Å². The average molecular weight is 310 g/mol. The molecule has 5 nitrogen and oxygen atoms in total. The normalized spacial score (nSPS) is 12.6. The third-order valence-electron chi connectivity index (χ3n) is 2.99. The largest absolute Gasteiger partial charge is 0.383 e. The minimum atomic E-state index is -3.60. The van der Waals surface area contributed by atoms with Crippen LogP contribution in [0.15, 0.2) is 23.1 Å². The molecule has 0 radical (unpaired) electrons. The summed E-state index contributed by atoms with van der Waals surface area (Å²) in [5, 5.41) is 0. The number of methoxy groups -OCH3 is 1. The first-order valence-electron chi connectivity index (χ1n) is 6.75. The lowest BCUT2D eigenvalue weighted by Crippen LogP contribution is -2.37. The van der Waals surface area contributed by atoms with Gasteiger partial charge < -0.3 is 10.5 Å². The van der Waals surface area contributed by atoms with E-state index in [-0.39, 0.29) is 17.5 Å². The highest BCUT2D eigenvalue weighted by Gasteiger charge is 2.21. The van der Waals surface area contributed by atoms with Crippen LogP contribution in [0.4, 0.5) is 0 Å². The molecular weight excluding hydrogens is 288 g/mol. The average Bonchev–Trinajstić information content (AvgIpc) is 2.45. The zero-order valence-corrected chi connectivity index (χ0v) is 13.5. The van der Waals surface area contributed by atoms with E-state index < -0.39 is 10.0 Å². The maximum atomic E-state index is 12.5. The van der Waals surface area contributed by atoms with Crippen molar-refractivity contribution in [2.75, 3.05) is 20.3 Å². The quantitative estimate of drug-likeness (QED) is 0.768. The van der Waals surface area contributed by atoms with Crippen molar-refractivity contribution in [3.05, 3.63) is 29.3 Å². The molecule has 0 aromatic heterocycles. The third kappa shape index (κ3) is 5.14. The van der Waals surface area contributed by atoms with Gasteiger partial charge in [-0.3, -0.25) is 0 Å². The van der Waals surface area contributed by atoms with E-state index in [1.54, 1.807) is 32.2 Å². The number of nitrogens with one attached hydrogen (secondary N) is 1. The number of ether oxygens (including phenoxy) is 1. The van der Waals surface area contributed by atoms with Crippen LogP contribution in [0, 0.1) is 18.8 Å². The molecule has 0 heterocycles. The van der Waals surface area contributed by atoms with Gasteiger partial charge in [0.25, 0.3) is 0 Å². The zero-order valence-electron chi connectivity index (χ0n) is 12.6. The van der Waals surface area contributed by atoms with Crippen LogP contribution in [0.3, 0.4) is 0 Å². The predicted molar refractivity (Wildman–Crippen MR) is 83.4 cm³/mol. The molecule has 1 aromatic carbocycles. The molecule has 0 spiro atoms. The number of nitrogens with two attached hydrogens (primary N) is 1. The van der Waals surface area contributed by atoms with Crippen molar-refractivity contribution >= 4 is 10.0 Å². The van der Waals surface area contributed by atoms with Crippen LogP contribution < -0.4 is 10.5 Å². The summed E-state index contributed by atoms with van der Waals surface area (Å²) in [5.41, 5.74) is 6.63. The summed E-state index contributed by atoms with van der Waals surface area (Å²) < 4.78 is 32.6. The fourth-order valence-electron chi connectivity index (χ4n) is 1.84. The lowest BCUT2D eigenvalue weighted by molar-refractivity contribution is 0.173. The van der Waals surface area contributed by atoms with Gasteiger partial charge in [-0.1, -0.05) is 24.8 Å². The van der Waals surface area contributed by atoms with Crippen molar-refractivity contribution in [1.82, 2.24) is 4.72 Å². The molecule has 21 heavy (non-hydrogen) atoms. The number of aryl methyl sites for hydroxylation is 1. The minimum absolute atomic E-state index is 0.236. The first kappa shape index (κ1) is 17.7. The van der Waals surface area contributed by atoms with Crippen LogP contribution >= 0.6 is 0 Å². The van der Waals surface area contributed by atoms with Crippen molar-refractivity contribution in [2.45, 2.75) is 31.2 Å². The summed E-state index contributed by atoms with van der Waals surface area (Å²) in [6.45, 7) is 4.23. The Bertz CT molecular complexity index is 630. The Morgan fingerprint density at radius 2 is 2.14 bits per heavy atom. The summed E-state index contributed by atoms with van der Waals surface area (Å²) in [7, 11) is -2.05. The fraction of sp³-hybridized carbons (Fsp3) is 0.467. The van der Waals surface area contributed by atoms with Gasteiger partial charge in [-0.05, 0) is 31.0 Å². The van der Waals surface area contributed by atoms with Crippen LogP contribution in [-0.2, 0) is 14.8 Å². The van der Waals surface area contributed by atoms with Gasteiger partial charge in [0.2, 0.25) is 10.0 Å². The van der Waals surface area contributed by atoms with Crippen molar-refractivity contribution in [3.63, 3.8) is 0 Å². The molecule has 1 rings (SSSR count). The maximum absolute atomic E-state index is 12.5. The summed E-state index contributed by atoms with van der Waals surface area (Å²) in [6.07, 6.45) is 0.652. The van der Waals surface area contributed by atoms with Gasteiger partial charge in [0.05, 0.1) is 18.0 Å². The molecule has 1 atom stereocenters. The number of hydrogen-bond acceptors (Lipinski definition) is 4. The van der Waals surface area contributed by atoms with E-state index in [1.165, 1.54) is 0 Å². The van der Waals surface area contributed by atoms with E-state index in [1.807, 2.05) is 6.92 Å². The van der Waals surface area contributed by atoms with E-state index in [9.17, 15) is 8.42 Å². The van der Waals surface area contributed by atoms with E-state index in [2.05, 4.69) is 16.6 Å². The highest BCUT2D eigenvalue weighted by molar-refractivity contribution is 7.89. The highest BCUT2D eigenvalue weighted by atomic mass is 32.2. The van der Waals surface area contributed by atoms with Crippen molar-refractivity contribution in [3.8, 4) is 11.8 Å². The lowest BCUT2D eigenvalue weighted by Gasteiger charge is -2.17. The molecule has 116 valence electrons. The Hall–Kier alpha value is -1.39. The zero-order chi connectivity index (χ0) is 15.9. The molecule has 0 aliphatic carbocycles. The summed E-state index contributed by atoms with van der Waals surface area (Å²) in [5.74, 6) is 5.56. The second kappa shape index (κ2) is 8.15. The molecule has 0 bridgehead atoms. The smallest absolute Gasteiger partial charge is 0.241 e. The highest BCUT2D eigenvalue weighted by Crippen LogP contribution is 2.17.